The van der Waals surface area contributed by atoms with Crippen molar-refractivity contribution >= 4 is 17.4 Å². The SMILES string of the molecule is O=C1C(=O)N(Cc2cccnc2)C(c2ccccc2)/C1=C(\O)c1ccc2c(c1)OCCO2. The van der Waals surface area contributed by atoms with Crippen LogP contribution in [0.15, 0.2) is 78.6 Å². The second-order valence-corrected chi connectivity index (χ2v) is 7.56. The fourth-order valence-corrected chi connectivity index (χ4v) is 4.06. The first-order valence-corrected chi connectivity index (χ1v) is 10.3. The molecule has 3 heterocycles. The molecule has 0 aliphatic carbocycles. The number of hydrogen-bond acceptors (Lipinski definition) is 6. The quantitative estimate of drug-likeness (QED) is 0.389. The van der Waals surface area contributed by atoms with Gasteiger partial charge in [0.25, 0.3) is 11.7 Å². The van der Waals surface area contributed by atoms with E-state index in [-0.39, 0.29) is 17.9 Å². The Bertz CT molecular complexity index is 1210. The van der Waals surface area contributed by atoms with Gasteiger partial charge in [0.2, 0.25) is 0 Å². The normalized spacial score (nSPS) is 19.2. The zero-order chi connectivity index (χ0) is 22.1. The number of aliphatic hydroxyl groups excluding tert-OH is 1. The molecule has 2 aliphatic heterocycles. The van der Waals surface area contributed by atoms with Crippen molar-refractivity contribution in [2.24, 2.45) is 0 Å². The molecule has 0 spiro atoms. The number of aromatic nitrogens is 1. The average molecular weight is 428 g/mol. The van der Waals surface area contributed by atoms with Crippen LogP contribution in [0.4, 0.5) is 0 Å². The Labute approximate surface area is 184 Å². The highest BCUT2D eigenvalue weighted by Gasteiger charge is 2.46. The lowest BCUT2D eigenvalue weighted by atomic mass is 9.95. The van der Waals surface area contributed by atoms with Gasteiger partial charge in [0.15, 0.2) is 11.5 Å². The van der Waals surface area contributed by atoms with Crippen molar-refractivity contribution in [3.63, 3.8) is 0 Å². The molecule has 3 aromatic rings. The molecule has 0 saturated carbocycles. The molecule has 0 radical (unpaired) electrons. The topological polar surface area (TPSA) is 89.0 Å². The summed E-state index contributed by atoms with van der Waals surface area (Å²) in [6.07, 6.45) is 3.30. The molecule has 160 valence electrons. The van der Waals surface area contributed by atoms with Crippen molar-refractivity contribution in [1.29, 1.82) is 0 Å². The Kier molecular flexibility index (Phi) is 5.07. The summed E-state index contributed by atoms with van der Waals surface area (Å²) in [7, 11) is 0. The summed E-state index contributed by atoms with van der Waals surface area (Å²) in [5, 5.41) is 11.2. The molecule has 1 N–H and O–H groups in total. The number of ketones is 1. The standard InChI is InChI=1S/C25H20N2O5/c28-23(18-8-9-19-20(13-18)32-12-11-31-19)21-22(17-6-2-1-3-7-17)27(25(30)24(21)29)15-16-5-4-10-26-14-16/h1-10,13-14,22,28H,11-12,15H2/b23-21+. The molecule has 7 nitrogen and oxygen atoms in total. The van der Waals surface area contributed by atoms with E-state index in [9.17, 15) is 14.7 Å². The number of hydrogen-bond donors (Lipinski definition) is 1. The van der Waals surface area contributed by atoms with E-state index >= 15 is 0 Å². The molecule has 1 unspecified atom stereocenters. The molecule has 1 amide bonds. The average Bonchev–Trinajstić information content (AvgIpc) is 3.09. The number of rotatable bonds is 4. The Hall–Kier alpha value is -4.13. The molecule has 2 aliphatic rings. The van der Waals surface area contributed by atoms with Gasteiger partial charge in [0, 0.05) is 24.5 Å². The van der Waals surface area contributed by atoms with Gasteiger partial charge in [-0.3, -0.25) is 14.6 Å². The van der Waals surface area contributed by atoms with E-state index < -0.39 is 17.7 Å². The van der Waals surface area contributed by atoms with Gasteiger partial charge in [-0.1, -0.05) is 36.4 Å². The van der Waals surface area contributed by atoms with Crippen LogP contribution in [0.5, 0.6) is 11.5 Å². The van der Waals surface area contributed by atoms with E-state index in [1.165, 1.54) is 4.90 Å². The van der Waals surface area contributed by atoms with Crippen LogP contribution in [0, 0.1) is 0 Å². The number of carbonyl (C=O) groups excluding carboxylic acids is 2. The summed E-state index contributed by atoms with van der Waals surface area (Å²) in [5.41, 5.74) is 1.95. The third-order valence-corrected chi connectivity index (χ3v) is 5.55. The molecule has 7 heteroatoms. The second kappa shape index (κ2) is 8.19. The van der Waals surface area contributed by atoms with Crippen molar-refractivity contribution in [3.05, 3.63) is 95.3 Å². The minimum absolute atomic E-state index is 0.0433. The predicted octanol–water partition coefficient (Wildman–Crippen LogP) is 3.47. The van der Waals surface area contributed by atoms with E-state index in [2.05, 4.69) is 4.98 Å². The Morgan fingerprint density at radius 1 is 1.00 bits per heavy atom. The number of amides is 1. The molecular weight excluding hydrogens is 408 g/mol. The highest BCUT2D eigenvalue weighted by Crippen LogP contribution is 2.41. The van der Waals surface area contributed by atoms with Crippen LogP contribution < -0.4 is 9.47 Å². The van der Waals surface area contributed by atoms with Crippen molar-refractivity contribution in [2.75, 3.05) is 13.2 Å². The van der Waals surface area contributed by atoms with Crippen LogP contribution in [0.3, 0.4) is 0 Å². The number of likely N-dealkylation sites (tertiary alicyclic amines) is 1. The van der Waals surface area contributed by atoms with Gasteiger partial charge in [-0.2, -0.15) is 0 Å². The first-order chi connectivity index (χ1) is 15.6. The van der Waals surface area contributed by atoms with E-state index in [4.69, 9.17) is 9.47 Å². The number of nitrogens with zero attached hydrogens (tertiary/aromatic N) is 2. The van der Waals surface area contributed by atoms with E-state index in [0.29, 0.717) is 30.3 Å². The lowest BCUT2D eigenvalue weighted by molar-refractivity contribution is -0.140. The molecule has 1 aromatic heterocycles. The summed E-state index contributed by atoms with van der Waals surface area (Å²) in [5.74, 6) is -0.578. The molecular formula is C25H20N2O5. The summed E-state index contributed by atoms with van der Waals surface area (Å²) < 4.78 is 11.1. The fourth-order valence-electron chi connectivity index (χ4n) is 4.06. The van der Waals surface area contributed by atoms with Gasteiger partial charge in [-0.15, -0.1) is 0 Å². The summed E-state index contributed by atoms with van der Waals surface area (Å²) in [6, 6.07) is 17.1. The number of aliphatic hydroxyl groups is 1. The Morgan fingerprint density at radius 2 is 1.78 bits per heavy atom. The zero-order valence-corrected chi connectivity index (χ0v) is 17.1. The molecule has 1 fully saturated rings. The lowest BCUT2D eigenvalue weighted by Crippen LogP contribution is -2.29. The third kappa shape index (κ3) is 3.47. The molecule has 32 heavy (non-hydrogen) atoms. The third-order valence-electron chi connectivity index (χ3n) is 5.55. The number of carbonyl (C=O) groups is 2. The van der Waals surface area contributed by atoms with Crippen LogP contribution in [0.2, 0.25) is 0 Å². The molecule has 1 atom stereocenters. The van der Waals surface area contributed by atoms with Gasteiger partial charge < -0.3 is 19.5 Å². The maximum Gasteiger partial charge on any atom is 0.295 e. The van der Waals surface area contributed by atoms with Crippen LogP contribution in [0.1, 0.15) is 22.7 Å². The van der Waals surface area contributed by atoms with Crippen LogP contribution >= 0.6 is 0 Å². The molecule has 2 aromatic carbocycles. The minimum atomic E-state index is -0.732. The summed E-state index contributed by atoms with van der Waals surface area (Å²) in [4.78, 5) is 31.7. The number of Topliss-reactive ketones (excluding diaryl/α,β-unsaturated/α-hetero) is 1. The van der Waals surface area contributed by atoms with Crippen molar-refractivity contribution in [3.8, 4) is 11.5 Å². The maximum atomic E-state index is 13.1. The van der Waals surface area contributed by atoms with Gasteiger partial charge in [0.1, 0.15) is 19.0 Å². The Morgan fingerprint density at radius 3 is 2.53 bits per heavy atom. The van der Waals surface area contributed by atoms with Crippen molar-refractivity contribution in [1.82, 2.24) is 9.88 Å². The molecule has 1 saturated heterocycles. The first kappa shape index (κ1) is 19.8. The largest absolute Gasteiger partial charge is 0.507 e. The molecule has 5 rings (SSSR count). The zero-order valence-electron chi connectivity index (χ0n) is 17.1. The Balaban J connectivity index is 1.62. The van der Waals surface area contributed by atoms with Crippen LogP contribution in [-0.2, 0) is 16.1 Å². The summed E-state index contributed by atoms with van der Waals surface area (Å²) in [6.45, 7) is 1.04. The van der Waals surface area contributed by atoms with Gasteiger partial charge >= 0.3 is 0 Å². The van der Waals surface area contributed by atoms with E-state index in [1.807, 2.05) is 36.4 Å². The molecule has 0 bridgehead atoms. The fraction of sp³-hybridized carbons (Fsp3) is 0.160. The first-order valence-electron chi connectivity index (χ1n) is 10.3. The second-order valence-electron chi connectivity index (χ2n) is 7.56. The minimum Gasteiger partial charge on any atom is -0.507 e. The van der Waals surface area contributed by atoms with Crippen LogP contribution in [0.25, 0.3) is 5.76 Å². The lowest BCUT2D eigenvalue weighted by Gasteiger charge is -2.25. The highest BCUT2D eigenvalue weighted by molar-refractivity contribution is 6.46. The van der Waals surface area contributed by atoms with E-state index in [0.717, 1.165) is 11.1 Å². The van der Waals surface area contributed by atoms with E-state index in [1.54, 1.807) is 36.7 Å². The van der Waals surface area contributed by atoms with Crippen LogP contribution in [-0.4, -0.2) is 39.9 Å². The highest BCUT2D eigenvalue weighted by atomic mass is 16.6. The number of fused-ring (bicyclic) bond motifs is 1. The maximum absolute atomic E-state index is 13.1. The van der Waals surface area contributed by atoms with Crippen molar-refractivity contribution < 1.29 is 24.2 Å². The number of benzene rings is 2. The van der Waals surface area contributed by atoms with Gasteiger partial charge in [0.05, 0.1) is 11.6 Å². The monoisotopic (exact) mass is 428 g/mol. The van der Waals surface area contributed by atoms with Crippen molar-refractivity contribution in [2.45, 2.75) is 12.6 Å². The van der Waals surface area contributed by atoms with Gasteiger partial charge in [-0.25, -0.2) is 0 Å². The van der Waals surface area contributed by atoms with Gasteiger partial charge in [-0.05, 0) is 35.4 Å². The predicted molar refractivity (Wildman–Crippen MR) is 116 cm³/mol. The summed E-state index contributed by atoms with van der Waals surface area (Å²) >= 11 is 0. The number of pyridine rings is 1. The smallest absolute Gasteiger partial charge is 0.295 e. The number of ether oxygens (including phenoxy) is 2.